The summed E-state index contributed by atoms with van der Waals surface area (Å²) >= 11 is 0. The number of quaternary nitrogens is 2. The van der Waals surface area contributed by atoms with Crippen LogP contribution in [0, 0.1) is 16.7 Å². The van der Waals surface area contributed by atoms with Crippen molar-refractivity contribution in [2.24, 2.45) is 16.7 Å². The smallest absolute Gasteiger partial charge is 0.235 e. The molecule has 2 saturated heterocycles. The Bertz CT molecular complexity index is 826. The molecule has 2 amide bonds. The zero-order chi connectivity index (χ0) is 22.1. The van der Waals surface area contributed by atoms with Crippen LogP contribution < -0.4 is 9.80 Å². The Morgan fingerprint density at radius 1 is 1.03 bits per heavy atom. The number of piperidine rings is 1. The molecular weight excluding hydrogens is 386 g/mol. The number of nitrogens with zero attached hydrogens (tertiary/aromatic N) is 1. The summed E-state index contributed by atoms with van der Waals surface area (Å²) in [4.78, 5) is 31.0. The number of carbonyl (C=O) groups excluding carboxylic acids is 2. The van der Waals surface area contributed by atoms with Gasteiger partial charge in [-0.2, -0.15) is 0 Å². The maximum Gasteiger partial charge on any atom is 0.235 e. The van der Waals surface area contributed by atoms with Crippen molar-refractivity contribution in [3.05, 3.63) is 42.0 Å². The van der Waals surface area contributed by atoms with E-state index < -0.39 is 0 Å². The van der Waals surface area contributed by atoms with Crippen LogP contribution in [0.2, 0.25) is 0 Å². The number of piperazine rings is 1. The van der Waals surface area contributed by atoms with E-state index in [0.29, 0.717) is 6.54 Å². The quantitative estimate of drug-likeness (QED) is 0.632. The molecule has 2 aliphatic heterocycles. The molecule has 1 saturated carbocycles. The number of hydrogen-bond acceptors (Lipinski definition) is 2. The third-order valence-corrected chi connectivity index (χ3v) is 8.60. The fourth-order valence-electron chi connectivity index (χ4n) is 5.94. The van der Waals surface area contributed by atoms with Gasteiger partial charge in [0.05, 0.1) is 18.5 Å². The van der Waals surface area contributed by atoms with Crippen LogP contribution in [0.3, 0.4) is 0 Å². The van der Waals surface area contributed by atoms with Crippen molar-refractivity contribution in [1.82, 2.24) is 4.90 Å². The predicted octanol–water partition coefficient (Wildman–Crippen LogP) is 0.685. The molecule has 5 nitrogen and oxygen atoms in total. The maximum absolute atomic E-state index is 13.1. The highest BCUT2D eigenvalue weighted by atomic mass is 16.2. The molecule has 2 heterocycles. The minimum absolute atomic E-state index is 0.0126. The summed E-state index contributed by atoms with van der Waals surface area (Å²) in [5.74, 6) is 0.170. The van der Waals surface area contributed by atoms with Gasteiger partial charge in [-0.15, -0.1) is 0 Å². The Morgan fingerprint density at radius 2 is 1.71 bits per heavy atom. The molecule has 5 heteroatoms. The Kier molecular flexibility index (Phi) is 6.36. The normalized spacial score (nSPS) is 32.7. The molecule has 2 atom stereocenters. The van der Waals surface area contributed by atoms with Crippen LogP contribution in [-0.2, 0) is 9.59 Å². The lowest BCUT2D eigenvalue weighted by Gasteiger charge is -2.47. The summed E-state index contributed by atoms with van der Waals surface area (Å²) in [5.41, 5.74) is 0.677. The Balaban J connectivity index is 1.20. The van der Waals surface area contributed by atoms with E-state index in [-0.39, 0.29) is 28.6 Å². The van der Waals surface area contributed by atoms with Gasteiger partial charge in [0.15, 0.2) is 0 Å². The lowest BCUT2D eigenvalue weighted by atomic mass is 9.62. The van der Waals surface area contributed by atoms with Crippen molar-refractivity contribution >= 4 is 17.9 Å². The molecule has 3 fully saturated rings. The third-order valence-electron chi connectivity index (χ3n) is 8.60. The van der Waals surface area contributed by atoms with Crippen LogP contribution in [0.25, 0.3) is 6.08 Å². The second kappa shape index (κ2) is 8.87. The van der Waals surface area contributed by atoms with Gasteiger partial charge in [-0.05, 0) is 29.9 Å². The first-order valence-corrected chi connectivity index (χ1v) is 12.1. The van der Waals surface area contributed by atoms with Gasteiger partial charge < -0.3 is 9.80 Å². The summed E-state index contributed by atoms with van der Waals surface area (Å²) in [5, 5.41) is 0. The summed E-state index contributed by atoms with van der Waals surface area (Å²) in [7, 11) is 0. The van der Waals surface area contributed by atoms with E-state index in [1.807, 2.05) is 6.07 Å². The van der Waals surface area contributed by atoms with E-state index in [0.717, 1.165) is 32.4 Å². The summed E-state index contributed by atoms with van der Waals surface area (Å²) in [6.45, 7) is 13.7. The van der Waals surface area contributed by atoms with Crippen molar-refractivity contribution in [2.45, 2.75) is 40.0 Å². The van der Waals surface area contributed by atoms with Gasteiger partial charge in [0.1, 0.15) is 26.2 Å². The molecule has 0 unspecified atom stereocenters. The number of nitrogens with one attached hydrogen (secondary N) is 2. The molecular formula is C26H39N3O2+2. The van der Waals surface area contributed by atoms with Gasteiger partial charge in [0.2, 0.25) is 11.8 Å². The molecule has 1 aromatic rings. The second-order valence-electron chi connectivity index (χ2n) is 10.6. The SMILES string of the molecule is CC1(C)[C@H]2CC[C@@]1(C)C(=O)N(CCC[NH+]1CC[NH+](C/C=C/c3ccccc3)CC1)C2=O. The molecule has 0 spiro atoms. The highest BCUT2D eigenvalue weighted by Gasteiger charge is 2.64. The molecule has 2 N–H and O–H groups in total. The summed E-state index contributed by atoms with van der Waals surface area (Å²) < 4.78 is 0. The molecule has 168 valence electrons. The average molecular weight is 426 g/mol. The van der Waals surface area contributed by atoms with E-state index in [1.54, 1.807) is 14.7 Å². The Hall–Kier alpha value is -1.98. The highest BCUT2D eigenvalue weighted by Crippen LogP contribution is 2.59. The monoisotopic (exact) mass is 425 g/mol. The highest BCUT2D eigenvalue weighted by molar-refractivity contribution is 6.03. The Labute approximate surface area is 187 Å². The number of imide groups is 1. The van der Waals surface area contributed by atoms with E-state index in [4.69, 9.17) is 0 Å². The molecule has 0 aromatic heterocycles. The standard InChI is InChI=1S/C26H37N3O2/c1-25(2)22-12-13-26(25,3)24(31)29(23(22)30)16-8-15-28-19-17-27(18-20-28)14-7-11-21-9-5-4-6-10-21/h4-7,9-11,22H,8,12-20H2,1-3H3/p+2/b11-7+/t22-,26-/m0/s1. The topological polar surface area (TPSA) is 46.3 Å². The molecule has 3 aliphatic rings. The third kappa shape index (κ3) is 4.22. The van der Waals surface area contributed by atoms with Crippen molar-refractivity contribution < 1.29 is 19.4 Å². The zero-order valence-electron chi connectivity index (χ0n) is 19.5. The van der Waals surface area contributed by atoms with Crippen LogP contribution in [-0.4, -0.2) is 62.5 Å². The number of rotatable bonds is 7. The van der Waals surface area contributed by atoms with Gasteiger partial charge in [-0.1, -0.05) is 57.2 Å². The minimum Gasteiger partial charge on any atom is -0.326 e. The number of carbonyl (C=O) groups is 2. The fourth-order valence-corrected chi connectivity index (χ4v) is 5.94. The molecule has 31 heavy (non-hydrogen) atoms. The van der Waals surface area contributed by atoms with Crippen molar-refractivity contribution in [2.75, 3.05) is 45.8 Å². The largest absolute Gasteiger partial charge is 0.326 e. The van der Waals surface area contributed by atoms with Crippen molar-refractivity contribution in [3.63, 3.8) is 0 Å². The van der Waals surface area contributed by atoms with Crippen LogP contribution in [0.5, 0.6) is 0 Å². The Morgan fingerprint density at radius 3 is 2.42 bits per heavy atom. The predicted molar refractivity (Wildman–Crippen MR) is 123 cm³/mol. The van der Waals surface area contributed by atoms with E-state index in [9.17, 15) is 9.59 Å². The van der Waals surface area contributed by atoms with Crippen LogP contribution >= 0.6 is 0 Å². The molecule has 1 aromatic carbocycles. The summed E-state index contributed by atoms with van der Waals surface area (Å²) in [6.07, 6.45) is 7.13. The lowest BCUT2D eigenvalue weighted by Crippen LogP contribution is -3.28. The first-order valence-electron chi connectivity index (χ1n) is 12.1. The minimum atomic E-state index is -0.374. The number of fused-ring (bicyclic) bond motifs is 2. The van der Waals surface area contributed by atoms with E-state index in [1.165, 1.54) is 31.7 Å². The van der Waals surface area contributed by atoms with E-state index in [2.05, 4.69) is 57.2 Å². The molecule has 4 rings (SSSR count). The average Bonchev–Trinajstić information content (AvgIpc) is 2.96. The fraction of sp³-hybridized carbons (Fsp3) is 0.615. The van der Waals surface area contributed by atoms with Crippen molar-refractivity contribution in [3.8, 4) is 0 Å². The van der Waals surface area contributed by atoms with E-state index >= 15 is 0 Å². The lowest BCUT2D eigenvalue weighted by molar-refractivity contribution is -1.01. The van der Waals surface area contributed by atoms with Crippen molar-refractivity contribution in [1.29, 1.82) is 0 Å². The number of amides is 2. The molecule has 1 aliphatic carbocycles. The van der Waals surface area contributed by atoms with Gasteiger partial charge in [0.25, 0.3) is 0 Å². The van der Waals surface area contributed by atoms with Gasteiger partial charge in [-0.3, -0.25) is 14.5 Å². The zero-order valence-corrected chi connectivity index (χ0v) is 19.5. The maximum atomic E-state index is 13.1. The number of benzene rings is 1. The van der Waals surface area contributed by atoms with Gasteiger partial charge >= 0.3 is 0 Å². The van der Waals surface area contributed by atoms with Crippen LogP contribution in [0.15, 0.2) is 36.4 Å². The molecule has 0 radical (unpaired) electrons. The van der Waals surface area contributed by atoms with Gasteiger partial charge in [0, 0.05) is 18.9 Å². The summed E-state index contributed by atoms with van der Waals surface area (Å²) in [6, 6.07) is 10.5. The number of hydrogen-bond donors (Lipinski definition) is 2. The van der Waals surface area contributed by atoms with Crippen LogP contribution in [0.4, 0.5) is 0 Å². The van der Waals surface area contributed by atoms with Crippen LogP contribution in [0.1, 0.15) is 45.6 Å². The first-order chi connectivity index (χ1) is 14.8. The molecule has 2 bridgehead atoms. The second-order valence-corrected chi connectivity index (χ2v) is 10.6. The van der Waals surface area contributed by atoms with Gasteiger partial charge in [-0.25, -0.2) is 0 Å². The first kappa shape index (κ1) is 22.2. The number of likely N-dealkylation sites (tertiary alicyclic amines) is 1.